The molecule has 0 aromatic rings. The Morgan fingerprint density at radius 2 is 2.00 bits per heavy atom. The van der Waals surface area contributed by atoms with E-state index in [4.69, 9.17) is 4.74 Å². The molecule has 0 aromatic carbocycles. The summed E-state index contributed by atoms with van der Waals surface area (Å²) in [5, 5.41) is 0. The Balaban J connectivity index is 2.35. The van der Waals surface area contributed by atoms with Crippen molar-refractivity contribution in [3.05, 3.63) is 0 Å². The van der Waals surface area contributed by atoms with Gasteiger partial charge in [0.15, 0.2) is 0 Å². The van der Waals surface area contributed by atoms with E-state index in [9.17, 15) is 4.79 Å². The Hall–Kier alpha value is 0.188. The number of ether oxygens (including phenoxy) is 1. The van der Waals surface area contributed by atoms with E-state index in [2.05, 4.69) is 5.71 Å². The Bertz CT molecular complexity index is 164. The molecule has 1 rings (SSSR count). The van der Waals surface area contributed by atoms with Crippen molar-refractivity contribution in [1.82, 2.24) is 0 Å². The van der Waals surface area contributed by atoms with Crippen LogP contribution in [0.5, 0.6) is 0 Å². The molecule has 0 N–H and O–H groups in total. The van der Waals surface area contributed by atoms with Crippen LogP contribution in [-0.2, 0) is 9.53 Å². The third kappa shape index (κ3) is 3.44. The molecule has 1 fully saturated rings. The molecule has 0 amide bonds. The van der Waals surface area contributed by atoms with Crippen molar-refractivity contribution in [1.29, 1.82) is 0 Å². The fraction of sp³-hybridized carbons (Fsp3) is 0.900. The molecule has 0 aliphatic heterocycles. The van der Waals surface area contributed by atoms with Gasteiger partial charge in [0.1, 0.15) is 0 Å². The minimum absolute atomic E-state index is 0.354. The maximum absolute atomic E-state index is 11.6. The third-order valence-corrected chi connectivity index (χ3v) is 8.09. The van der Waals surface area contributed by atoms with Crippen molar-refractivity contribution in [3.63, 3.8) is 0 Å². The molecule has 76 valence electrons. The molecule has 1 atom stereocenters. The molecular formula is C10H19AsO2. The molecule has 0 radical (unpaired) electrons. The molecule has 0 spiro atoms. The van der Waals surface area contributed by atoms with Crippen LogP contribution in [0.25, 0.3) is 0 Å². The molecule has 0 heterocycles. The zero-order chi connectivity index (χ0) is 9.68. The first kappa shape index (κ1) is 11.3. The van der Waals surface area contributed by atoms with Crippen molar-refractivity contribution in [2.24, 2.45) is 0 Å². The number of hydrogen-bond donors (Lipinski definition) is 0. The second-order valence-electron chi connectivity index (χ2n) is 3.73. The minimum atomic E-state index is -1.23. The van der Waals surface area contributed by atoms with Crippen molar-refractivity contribution in [3.8, 4) is 0 Å². The van der Waals surface area contributed by atoms with Crippen molar-refractivity contribution >= 4 is 19.2 Å². The van der Waals surface area contributed by atoms with Crippen LogP contribution in [0, 0.1) is 0 Å². The Labute approximate surface area is 85.3 Å². The topological polar surface area (TPSA) is 26.3 Å². The van der Waals surface area contributed by atoms with Gasteiger partial charge in [-0.1, -0.05) is 0 Å². The van der Waals surface area contributed by atoms with E-state index in [0.717, 1.165) is 4.71 Å². The first-order valence-electron chi connectivity index (χ1n) is 5.00. The van der Waals surface area contributed by atoms with Gasteiger partial charge in [0.25, 0.3) is 0 Å². The summed E-state index contributed by atoms with van der Waals surface area (Å²) in [6.45, 7) is 0.354. The van der Waals surface area contributed by atoms with Crippen LogP contribution < -0.4 is 0 Å². The van der Waals surface area contributed by atoms with Gasteiger partial charge < -0.3 is 0 Å². The standard InChI is InChI=1S/C10H19AsO2/c1-11(10(12)8-13-2)9-6-4-3-5-7-9/h9H,3-8H2,1-2H3. The second-order valence-corrected chi connectivity index (χ2v) is 8.87. The molecule has 3 heteroatoms. The van der Waals surface area contributed by atoms with Gasteiger partial charge in [-0.3, -0.25) is 0 Å². The summed E-state index contributed by atoms with van der Waals surface area (Å²) < 4.78 is 6.09. The van der Waals surface area contributed by atoms with Crippen LogP contribution in [0.3, 0.4) is 0 Å². The van der Waals surface area contributed by atoms with Crippen molar-refractivity contribution in [2.75, 3.05) is 13.7 Å². The molecule has 13 heavy (non-hydrogen) atoms. The normalized spacial score (nSPS) is 21.4. The van der Waals surface area contributed by atoms with Crippen LogP contribution in [-0.4, -0.2) is 32.9 Å². The van der Waals surface area contributed by atoms with Crippen LogP contribution >= 0.6 is 0 Å². The molecule has 0 saturated heterocycles. The SMILES string of the molecule is COCC(=O)[As](C)C1CCCCC1. The van der Waals surface area contributed by atoms with Crippen LogP contribution in [0.2, 0.25) is 10.4 Å². The van der Waals surface area contributed by atoms with Crippen molar-refractivity contribution < 1.29 is 9.53 Å². The number of hydrogen-bond acceptors (Lipinski definition) is 2. The zero-order valence-electron chi connectivity index (χ0n) is 8.58. The zero-order valence-corrected chi connectivity index (χ0v) is 10.5. The number of carbonyl (C=O) groups is 1. The predicted molar refractivity (Wildman–Crippen MR) is 55.3 cm³/mol. The third-order valence-electron chi connectivity index (χ3n) is 2.78. The average molecular weight is 246 g/mol. The summed E-state index contributed by atoms with van der Waals surface area (Å²) in [6.07, 6.45) is 6.64. The van der Waals surface area contributed by atoms with Gasteiger partial charge in [-0.25, -0.2) is 0 Å². The van der Waals surface area contributed by atoms with Gasteiger partial charge in [0.2, 0.25) is 0 Å². The maximum atomic E-state index is 11.6. The average Bonchev–Trinajstić information content (AvgIpc) is 2.18. The van der Waals surface area contributed by atoms with Crippen LogP contribution in [0.15, 0.2) is 0 Å². The summed E-state index contributed by atoms with van der Waals surface area (Å²) in [5.41, 5.74) is 2.20. The number of carbonyl (C=O) groups excluding carboxylic acids is 1. The quantitative estimate of drug-likeness (QED) is 0.711. The first-order chi connectivity index (χ1) is 6.25. The van der Waals surface area contributed by atoms with Gasteiger partial charge in [0, 0.05) is 0 Å². The van der Waals surface area contributed by atoms with Gasteiger partial charge in [0.05, 0.1) is 0 Å². The van der Waals surface area contributed by atoms with Gasteiger partial charge >= 0.3 is 85.0 Å². The molecule has 1 aliphatic rings. The molecule has 1 unspecified atom stereocenters. The molecule has 1 aliphatic carbocycles. The Morgan fingerprint density at radius 1 is 1.38 bits per heavy atom. The Morgan fingerprint density at radius 3 is 2.54 bits per heavy atom. The Kier molecular flexibility index (Phi) is 5.04. The van der Waals surface area contributed by atoms with Crippen LogP contribution in [0.4, 0.5) is 0 Å². The van der Waals surface area contributed by atoms with E-state index >= 15 is 0 Å². The van der Waals surface area contributed by atoms with Crippen molar-refractivity contribution in [2.45, 2.75) is 42.5 Å². The summed E-state index contributed by atoms with van der Waals surface area (Å²) in [4.78, 5) is 11.6. The van der Waals surface area contributed by atoms with Gasteiger partial charge in [-0.2, -0.15) is 0 Å². The fourth-order valence-corrected chi connectivity index (χ4v) is 5.84. The van der Waals surface area contributed by atoms with E-state index in [0.29, 0.717) is 11.2 Å². The summed E-state index contributed by atoms with van der Waals surface area (Å²) >= 11 is -1.23. The molecule has 2 nitrogen and oxygen atoms in total. The number of methoxy groups -OCH3 is 1. The van der Waals surface area contributed by atoms with E-state index in [1.165, 1.54) is 32.1 Å². The molecule has 1 saturated carbocycles. The predicted octanol–water partition coefficient (Wildman–Crippen LogP) is 2.20. The summed E-state index contributed by atoms with van der Waals surface area (Å²) in [5.74, 6) is 0. The van der Waals surface area contributed by atoms with E-state index in [1.54, 1.807) is 7.11 Å². The monoisotopic (exact) mass is 246 g/mol. The molecular weight excluding hydrogens is 227 g/mol. The van der Waals surface area contributed by atoms with E-state index in [-0.39, 0.29) is 0 Å². The first-order valence-corrected chi connectivity index (χ1v) is 8.90. The van der Waals surface area contributed by atoms with Gasteiger partial charge in [-0.05, 0) is 0 Å². The number of rotatable bonds is 4. The van der Waals surface area contributed by atoms with E-state index < -0.39 is 14.7 Å². The van der Waals surface area contributed by atoms with Crippen LogP contribution in [0.1, 0.15) is 32.1 Å². The molecule has 0 bridgehead atoms. The molecule has 0 aromatic heterocycles. The second kappa shape index (κ2) is 5.82. The fourth-order valence-electron chi connectivity index (χ4n) is 1.90. The summed E-state index contributed by atoms with van der Waals surface area (Å²) in [7, 11) is 1.61. The van der Waals surface area contributed by atoms with E-state index in [1.807, 2.05) is 0 Å². The summed E-state index contributed by atoms with van der Waals surface area (Å²) in [6, 6.07) is 0. The van der Waals surface area contributed by atoms with Gasteiger partial charge in [-0.15, -0.1) is 0 Å².